The van der Waals surface area contributed by atoms with E-state index in [1.54, 1.807) is 6.07 Å². The lowest BCUT2D eigenvalue weighted by molar-refractivity contribution is -0.141. The van der Waals surface area contributed by atoms with Gasteiger partial charge in [-0.25, -0.2) is 0 Å². The van der Waals surface area contributed by atoms with Crippen LogP contribution in [0.3, 0.4) is 0 Å². The van der Waals surface area contributed by atoms with Gasteiger partial charge in [-0.3, -0.25) is 9.67 Å². The van der Waals surface area contributed by atoms with Crippen molar-refractivity contribution in [2.24, 2.45) is 0 Å². The molecule has 0 radical (unpaired) electrons. The van der Waals surface area contributed by atoms with E-state index in [1.807, 2.05) is 19.1 Å². The van der Waals surface area contributed by atoms with Gasteiger partial charge in [-0.15, -0.1) is 0 Å². The van der Waals surface area contributed by atoms with Crippen LogP contribution in [0, 0.1) is 0 Å². The highest BCUT2D eigenvalue weighted by Gasteiger charge is 2.33. The molecule has 7 heteroatoms. The van der Waals surface area contributed by atoms with Gasteiger partial charge in [-0.2, -0.15) is 18.3 Å². The molecule has 0 bridgehead atoms. The summed E-state index contributed by atoms with van der Waals surface area (Å²) in [6, 6.07) is 6.44. The van der Waals surface area contributed by atoms with Crippen LogP contribution in [-0.4, -0.2) is 21.3 Å². The Labute approximate surface area is 114 Å². The molecule has 1 N–H and O–H groups in total. The van der Waals surface area contributed by atoms with Crippen molar-refractivity contribution in [1.82, 2.24) is 20.1 Å². The first-order valence-electron chi connectivity index (χ1n) is 6.25. The summed E-state index contributed by atoms with van der Waals surface area (Å²) in [6.45, 7) is 3.68. The van der Waals surface area contributed by atoms with E-state index >= 15 is 0 Å². The average Bonchev–Trinajstić information content (AvgIpc) is 2.85. The first kappa shape index (κ1) is 14.5. The number of nitrogens with zero attached hydrogens (tertiary/aromatic N) is 3. The Morgan fingerprint density at radius 2 is 1.95 bits per heavy atom. The number of hydrogen-bond acceptors (Lipinski definition) is 3. The number of hydrogen-bond donors (Lipinski definition) is 1. The summed E-state index contributed by atoms with van der Waals surface area (Å²) in [4.78, 5) is 4.37. The molecule has 20 heavy (non-hydrogen) atoms. The topological polar surface area (TPSA) is 42.7 Å². The number of alkyl halides is 3. The van der Waals surface area contributed by atoms with Gasteiger partial charge >= 0.3 is 6.18 Å². The maximum Gasteiger partial charge on any atom is 0.435 e. The molecule has 0 atom stereocenters. The Morgan fingerprint density at radius 3 is 2.60 bits per heavy atom. The van der Waals surface area contributed by atoms with Crippen LogP contribution < -0.4 is 5.32 Å². The van der Waals surface area contributed by atoms with Gasteiger partial charge in [-0.1, -0.05) is 13.0 Å². The third kappa shape index (κ3) is 3.80. The van der Waals surface area contributed by atoms with E-state index < -0.39 is 11.9 Å². The van der Waals surface area contributed by atoms with Gasteiger partial charge in [0, 0.05) is 12.7 Å². The second-order valence-corrected chi connectivity index (χ2v) is 4.30. The van der Waals surface area contributed by atoms with E-state index in [0.717, 1.165) is 18.3 Å². The molecular formula is C13H15F3N4. The molecule has 2 aromatic rings. The highest BCUT2D eigenvalue weighted by molar-refractivity contribution is 5.12. The third-order valence-electron chi connectivity index (χ3n) is 2.68. The molecule has 4 nitrogen and oxygen atoms in total. The summed E-state index contributed by atoms with van der Waals surface area (Å²) in [5, 5.41) is 6.65. The molecule has 2 rings (SSSR count). The normalized spacial score (nSPS) is 11.8. The second kappa shape index (κ2) is 6.04. The van der Waals surface area contributed by atoms with Gasteiger partial charge in [0.05, 0.1) is 17.9 Å². The van der Waals surface area contributed by atoms with Crippen LogP contribution in [0.25, 0.3) is 0 Å². The van der Waals surface area contributed by atoms with Crippen LogP contribution in [-0.2, 0) is 19.3 Å². The van der Waals surface area contributed by atoms with Crippen molar-refractivity contribution in [3.8, 4) is 0 Å². The number of rotatable bonds is 5. The molecular weight excluding hydrogens is 269 g/mol. The minimum atomic E-state index is -4.41. The van der Waals surface area contributed by atoms with Crippen LogP contribution in [0.15, 0.2) is 30.5 Å². The van der Waals surface area contributed by atoms with Crippen molar-refractivity contribution in [3.63, 3.8) is 0 Å². The number of halogens is 3. The smallest absolute Gasteiger partial charge is 0.311 e. The lowest BCUT2D eigenvalue weighted by Gasteiger charge is -2.06. The van der Waals surface area contributed by atoms with Crippen LogP contribution in [0.2, 0.25) is 0 Å². The summed E-state index contributed by atoms with van der Waals surface area (Å²) in [5.41, 5.74) is 0.645. The summed E-state index contributed by atoms with van der Waals surface area (Å²) >= 11 is 0. The van der Waals surface area contributed by atoms with E-state index in [1.165, 1.54) is 10.9 Å². The molecule has 0 fully saturated rings. The molecule has 0 spiro atoms. The molecule has 0 saturated heterocycles. The molecule has 0 aliphatic heterocycles. The lowest BCUT2D eigenvalue weighted by atomic mass is 10.3. The van der Waals surface area contributed by atoms with Crippen LogP contribution >= 0.6 is 0 Å². The molecule has 0 aromatic carbocycles. The zero-order valence-corrected chi connectivity index (χ0v) is 11.0. The van der Waals surface area contributed by atoms with Gasteiger partial charge in [0.1, 0.15) is 0 Å². The molecule has 0 aliphatic rings. The van der Waals surface area contributed by atoms with Crippen LogP contribution in [0.1, 0.15) is 24.0 Å². The highest BCUT2D eigenvalue weighted by Crippen LogP contribution is 2.27. The largest absolute Gasteiger partial charge is 0.435 e. The average molecular weight is 284 g/mol. The molecule has 0 amide bonds. The zero-order chi connectivity index (χ0) is 14.6. The third-order valence-corrected chi connectivity index (χ3v) is 2.68. The quantitative estimate of drug-likeness (QED) is 0.917. The predicted molar refractivity (Wildman–Crippen MR) is 67.9 cm³/mol. The first-order valence-corrected chi connectivity index (χ1v) is 6.25. The second-order valence-electron chi connectivity index (χ2n) is 4.30. The van der Waals surface area contributed by atoms with E-state index in [9.17, 15) is 13.2 Å². The van der Waals surface area contributed by atoms with Crippen molar-refractivity contribution < 1.29 is 13.2 Å². The number of aromatic nitrogens is 3. The SMILES string of the molecule is CCNCc1cccc(Cn2ccc(C(F)(F)F)n2)n1. The van der Waals surface area contributed by atoms with Gasteiger partial charge in [0.2, 0.25) is 0 Å². The maximum absolute atomic E-state index is 12.4. The minimum Gasteiger partial charge on any atom is -0.311 e. The van der Waals surface area contributed by atoms with E-state index in [2.05, 4.69) is 15.4 Å². The summed E-state index contributed by atoms with van der Waals surface area (Å²) in [6.07, 6.45) is -3.10. The zero-order valence-electron chi connectivity index (χ0n) is 11.0. The Morgan fingerprint density at radius 1 is 1.20 bits per heavy atom. The van der Waals surface area contributed by atoms with E-state index in [-0.39, 0.29) is 6.54 Å². The minimum absolute atomic E-state index is 0.218. The molecule has 2 aromatic heterocycles. The fraction of sp³-hybridized carbons (Fsp3) is 0.385. The van der Waals surface area contributed by atoms with Gasteiger partial charge < -0.3 is 5.32 Å². The maximum atomic E-state index is 12.4. The van der Waals surface area contributed by atoms with Crippen LogP contribution in [0.4, 0.5) is 13.2 Å². The Hall–Kier alpha value is -1.89. The highest BCUT2D eigenvalue weighted by atomic mass is 19.4. The van der Waals surface area contributed by atoms with Crippen LogP contribution in [0.5, 0.6) is 0 Å². The predicted octanol–water partition coefficient (Wildman–Crippen LogP) is 2.45. The van der Waals surface area contributed by atoms with Crippen molar-refractivity contribution >= 4 is 0 Å². The fourth-order valence-corrected chi connectivity index (χ4v) is 1.74. The molecule has 0 unspecified atom stereocenters. The lowest BCUT2D eigenvalue weighted by Crippen LogP contribution is -2.14. The monoisotopic (exact) mass is 284 g/mol. The molecule has 0 saturated carbocycles. The van der Waals surface area contributed by atoms with Crippen molar-refractivity contribution in [3.05, 3.63) is 47.5 Å². The van der Waals surface area contributed by atoms with E-state index in [0.29, 0.717) is 12.2 Å². The Bertz CT molecular complexity index is 563. The Balaban J connectivity index is 2.08. The Kier molecular flexibility index (Phi) is 4.39. The molecule has 108 valence electrons. The summed E-state index contributed by atoms with van der Waals surface area (Å²) in [7, 11) is 0. The van der Waals surface area contributed by atoms with Crippen molar-refractivity contribution in [1.29, 1.82) is 0 Å². The number of nitrogens with one attached hydrogen (secondary N) is 1. The molecule has 0 aliphatic carbocycles. The van der Waals surface area contributed by atoms with Crippen molar-refractivity contribution in [2.45, 2.75) is 26.2 Å². The fourth-order valence-electron chi connectivity index (χ4n) is 1.74. The number of pyridine rings is 1. The standard InChI is InChI=1S/C13H15F3N4/c1-2-17-8-10-4-3-5-11(18-10)9-20-7-6-12(19-20)13(14,15)16/h3-7,17H,2,8-9H2,1H3. The summed E-state index contributed by atoms with van der Waals surface area (Å²) < 4.78 is 38.6. The first-order chi connectivity index (χ1) is 9.49. The van der Waals surface area contributed by atoms with Gasteiger partial charge in [0.25, 0.3) is 0 Å². The van der Waals surface area contributed by atoms with Gasteiger partial charge in [-0.05, 0) is 24.7 Å². The van der Waals surface area contributed by atoms with Gasteiger partial charge in [0.15, 0.2) is 5.69 Å². The van der Waals surface area contributed by atoms with Crippen molar-refractivity contribution in [2.75, 3.05) is 6.54 Å². The van der Waals surface area contributed by atoms with E-state index in [4.69, 9.17) is 0 Å². The summed E-state index contributed by atoms with van der Waals surface area (Å²) in [5.74, 6) is 0. The molecule has 2 heterocycles.